The fourth-order valence-electron chi connectivity index (χ4n) is 2.73. The van der Waals surface area contributed by atoms with E-state index in [-0.39, 0.29) is 11.5 Å². The molecule has 0 aromatic carbocycles. The van der Waals surface area contributed by atoms with Crippen molar-refractivity contribution in [3.05, 3.63) is 34.2 Å². The number of aromatic amines is 1. The van der Waals surface area contributed by atoms with Crippen molar-refractivity contribution >= 4 is 5.91 Å². The summed E-state index contributed by atoms with van der Waals surface area (Å²) in [5.41, 5.74) is -0.336. The van der Waals surface area contributed by atoms with Crippen LogP contribution in [0.25, 0.3) is 0 Å². The van der Waals surface area contributed by atoms with E-state index in [1.807, 2.05) is 13.8 Å². The number of aliphatic hydroxyl groups is 1. The number of hydrogen-bond donors (Lipinski definition) is 2. The van der Waals surface area contributed by atoms with E-state index in [1.54, 1.807) is 11.0 Å². The molecule has 122 valence electrons. The molecule has 1 aliphatic rings. The minimum Gasteiger partial charge on any atom is -0.389 e. The zero-order valence-electron chi connectivity index (χ0n) is 13.3. The number of amides is 1. The Morgan fingerprint density at radius 1 is 1.23 bits per heavy atom. The molecule has 0 bridgehead atoms. The van der Waals surface area contributed by atoms with Gasteiger partial charge in [0.25, 0.3) is 5.91 Å². The summed E-state index contributed by atoms with van der Waals surface area (Å²) in [5.74, 6) is -0.0582. The highest BCUT2D eigenvalue weighted by Crippen LogP contribution is 2.18. The van der Waals surface area contributed by atoms with Crippen molar-refractivity contribution in [2.75, 3.05) is 32.7 Å². The van der Waals surface area contributed by atoms with Gasteiger partial charge in [-0.15, -0.1) is 0 Å². The van der Waals surface area contributed by atoms with Crippen LogP contribution >= 0.6 is 0 Å². The molecule has 2 rings (SSSR count). The van der Waals surface area contributed by atoms with Gasteiger partial charge in [0.05, 0.1) is 11.2 Å². The standard InChI is InChI=1S/C16H25N3O3/c1-3-16(22,4-2)12-18-7-9-19(10-8-18)15(21)13-5-6-14(20)17-11-13/h5-6,11,22H,3-4,7-10,12H2,1-2H3,(H,17,20). The van der Waals surface area contributed by atoms with Crippen LogP contribution in [-0.2, 0) is 0 Å². The number of hydrogen-bond acceptors (Lipinski definition) is 4. The quantitative estimate of drug-likeness (QED) is 0.839. The number of carbonyl (C=O) groups excluding carboxylic acids is 1. The van der Waals surface area contributed by atoms with Crippen molar-refractivity contribution in [3.63, 3.8) is 0 Å². The second-order valence-corrected chi connectivity index (χ2v) is 5.94. The molecule has 1 aromatic heterocycles. The van der Waals surface area contributed by atoms with Crippen molar-refractivity contribution < 1.29 is 9.90 Å². The van der Waals surface area contributed by atoms with Crippen LogP contribution in [0.15, 0.2) is 23.1 Å². The lowest BCUT2D eigenvalue weighted by molar-refractivity contribution is -0.0139. The van der Waals surface area contributed by atoms with Crippen molar-refractivity contribution in [2.24, 2.45) is 0 Å². The van der Waals surface area contributed by atoms with Crippen LogP contribution in [0.3, 0.4) is 0 Å². The van der Waals surface area contributed by atoms with Crippen LogP contribution in [0.4, 0.5) is 0 Å². The highest BCUT2D eigenvalue weighted by atomic mass is 16.3. The Balaban J connectivity index is 1.90. The summed E-state index contributed by atoms with van der Waals surface area (Å²) < 4.78 is 0. The van der Waals surface area contributed by atoms with Gasteiger partial charge < -0.3 is 15.0 Å². The maximum atomic E-state index is 12.4. The number of carbonyl (C=O) groups is 1. The number of rotatable bonds is 5. The van der Waals surface area contributed by atoms with Crippen molar-refractivity contribution in [2.45, 2.75) is 32.3 Å². The molecule has 22 heavy (non-hydrogen) atoms. The van der Waals surface area contributed by atoms with Crippen molar-refractivity contribution in [1.82, 2.24) is 14.8 Å². The first kappa shape index (κ1) is 16.7. The molecule has 1 amide bonds. The molecular formula is C16H25N3O3. The Bertz CT molecular complexity index is 538. The van der Waals surface area contributed by atoms with Gasteiger partial charge in [-0.05, 0) is 18.9 Å². The van der Waals surface area contributed by atoms with Gasteiger partial charge in [0.15, 0.2) is 0 Å². The third-order valence-electron chi connectivity index (χ3n) is 4.52. The zero-order chi connectivity index (χ0) is 16.2. The van der Waals surface area contributed by atoms with Gasteiger partial charge in [0.1, 0.15) is 0 Å². The summed E-state index contributed by atoms with van der Waals surface area (Å²) in [4.78, 5) is 29.9. The molecule has 0 saturated carbocycles. The van der Waals surface area contributed by atoms with Crippen LogP contribution in [0, 0.1) is 0 Å². The van der Waals surface area contributed by atoms with E-state index < -0.39 is 5.60 Å². The lowest BCUT2D eigenvalue weighted by atomic mass is 9.96. The third-order valence-corrected chi connectivity index (χ3v) is 4.52. The molecule has 1 aliphatic heterocycles. The molecule has 0 unspecified atom stereocenters. The van der Waals surface area contributed by atoms with E-state index in [0.717, 1.165) is 25.9 Å². The summed E-state index contributed by atoms with van der Waals surface area (Å²) in [6, 6.07) is 2.92. The van der Waals surface area contributed by atoms with E-state index in [0.29, 0.717) is 25.2 Å². The molecule has 6 nitrogen and oxygen atoms in total. The van der Waals surface area contributed by atoms with E-state index in [4.69, 9.17) is 0 Å². The molecule has 1 saturated heterocycles. The number of piperazine rings is 1. The number of pyridine rings is 1. The van der Waals surface area contributed by atoms with Crippen LogP contribution in [0.5, 0.6) is 0 Å². The van der Waals surface area contributed by atoms with Gasteiger partial charge in [-0.25, -0.2) is 0 Å². The molecule has 2 heterocycles. The Labute approximate surface area is 130 Å². The molecule has 6 heteroatoms. The predicted molar refractivity (Wildman–Crippen MR) is 84.9 cm³/mol. The van der Waals surface area contributed by atoms with Gasteiger partial charge >= 0.3 is 0 Å². The summed E-state index contributed by atoms with van der Waals surface area (Å²) in [7, 11) is 0. The topological polar surface area (TPSA) is 76.6 Å². The van der Waals surface area contributed by atoms with E-state index >= 15 is 0 Å². The van der Waals surface area contributed by atoms with E-state index in [9.17, 15) is 14.7 Å². The Morgan fingerprint density at radius 3 is 2.36 bits per heavy atom. The lowest BCUT2D eigenvalue weighted by Crippen LogP contribution is -2.53. The first-order valence-electron chi connectivity index (χ1n) is 7.90. The predicted octanol–water partition coefficient (Wildman–Crippen LogP) is 0.684. The summed E-state index contributed by atoms with van der Waals surface area (Å²) in [5, 5.41) is 10.4. The molecule has 0 aliphatic carbocycles. The molecule has 1 aromatic rings. The highest BCUT2D eigenvalue weighted by Gasteiger charge is 2.29. The van der Waals surface area contributed by atoms with Crippen LogP contribution < -0.4 is 5.56 Å². The lowest BCUT2D eigenvalue weighted by Gasteiger charge is -2.39. The van der Waals surface area contributed by atoms with Gasteiger partial charge in [-0.3, -0.25) is 14.5 Å². The molecule has 2 N–H and O–H groups in total. The second kappa shape index (κ2) is 7.07. The zero-order valence-corrected chi connectivity index (χ0v) is 13.3. The largest absolute Gasteiger partial charge is 0.389 e. The van der Waals surface area contributed by atoms with Crippen LogP contribution in [-0.4, -0.2) is 64.1 Å². The average molecular weight is 307 g/mol. The summed E-state index contributed by atoms with van der Waals surface area (Å²) >= 11 is 0. The normalized spacial score (nSPS) is 16.8. The molecule has 0 radical (unpaired) electrons. The third kappa shape index (κ3) is 3.96. The number of nitrogens with zero attached hydrogens (tertiary/aromatic N) is 2. The Morgan fingerprint density at radius 2 is 1.86 bits per heavy atom. The monoisotopic (exact) mass is 307 g/mol. The number of β-amino-alcohol motifs (C(OH)–C–C–N with tert-alkyl or cyclic N) is 1. The minimum atomic E-state index is -0.634. The SMILES string of the molecule is CCC(O)(CC)CN1CCN(C(=O)c2ccc(=O)[nH]c2)CC1. The molecular weight excluding hydrogens is 282 g/mol. The molecule has 0 spiro atoms. The number of nitrogens with one attached hydrogen (secondary N) is 1. The maximum absolute atomic E-state index is 12.4. The summed E-state index contributed by atoms with van der Waals surface area (Å²) in [6.07, 6.45) is 2.93. The van der Waals surface area contributed by atoms with Crippen LogP contribution in [0.1, 0.15) is 37.0 Å². The van der Waals surface area contributed by atoms with Gasteiger partial charge in [0.2, 0.25) is 5.56 Å². The van der Waals surface area contributed by atoms with E-state index in [1.165, 1.54) is 12.3 Å². The Kier molecular flexibility index (Phi) is 5.37. The first-order chi connectivity index (χ1) is 10.5. The van der Waals surface area contributed by atoms with Gasteiger partial charge in [0, 0.05) is 45.0 Å². The fourth-order valence-corrected chi connectivity index (χ4v) is 2.73. The van der Waals surface area contributed by atoms with Gasteiger partial charge in [-0.2, -0.15) is 0 Å². The van der Waals surface area contributed by atoms with Gasteiger partial charge in [-0.1, -0.05) is 13.8 Å². The van der Waals surface area contributed by atoms with Crippen molar-refractivity contribution in [1.29, 1.82) is 0 Å². The number of aromatic nitrogens is 1. The fraction of sp³-hybridized carbons (Fsp3) is 0.625. The molecule has 0 atom stereocenters. The summed E-state index contributed by atoms with van der Waals surface area (Å²) in [6.45, 7) is 7.46. The van der Waals surface area contributed by atoms with Crippen LogP contribution in [0.2, 0.25) is 0 Å². The molecule has 1 fully saturated rings. The second-order valence-electron chi connectivity index (χ2n) is 5.94. The minimum absolute atomic E-state index is 0.0582. The van der Waals surface area contributed by atoms with Crippen molar-refractivity contribution in [3.8, 4) is 0 Å². The van der Waals surface area contributed by atoms with E-state index in [2.05, 4.69) is 9.88 Å². The maximum Gasteiger partial charge on any atom is 0.255 e. The number of H-pyrrole nitrogens is 1. The smallest absolute Gasteiger partial charge is 0.255 e. The average Bonchev–Trinajstić information content (AvgIpc) is 2.55. The first-order valence-corrected chi connectivity index (χ1v) is 7.90. The highest BCUT2D eigenvalue weighted by molar-refractivity contribution is 5.93. The Hall–Kier alpha value is -1.66.